The first-order chi connectivity index (χ1) is 9.72. The van der Waals surface area contributed by atoms with Crippen LogP contribution in [0.25, 0.3) is 0 Å². The Morgan fingerprint density at radius 1 is 1.10 bits per heavy atom. The molecule has 0 aromatic heterocycles. The largest absolute Gasteiger partial charge is 0.415 e. The van der Waals surface area contributed by atoms with Crippen molar-refractivity contribution in [2.45, 2.75) is 13.0 Å². The van der Waals surface area contributed by atoms with E-state index >= 15 is 0 Å². The normalized spacial score (nSPS) is 13.7. The minimum atomic E-state index is -0.315. The van der Waals surface area contributed by atoms with E-state index < -0.39 is 0 Å². The zero-order chi connectivity index (χ0) is 13.9. The topological polar surface area (TPSA) is 55.6 Å². The molecule has 4 nitrogen and oxygen atoms in total. The molecule has 0 bridgehead atoms. The van der Waals surface area contributed by atoms with Crippen molar-refractivity contribution < 1.29 is 9.53 Å². The smallest absolute Gasteiger partial charge is 0.410 e. The second-order valence-electron chi connectivity index (χ2n) is 4.88. The lowest BCUT2D eigenvalue weighted by Gasteiger charge is -2.28. The van der Waals surface area contributed by atoms with Crippen LogP contribution in [0.15, 0.2) is 48.5 Å². The monoisotopic (exact) mass is 268 g/mol. The van der Waals surface area contributed by atoms with E-state index in [2.05, 4.69) is 0 Å². The molecule has 102 valence electrons. The second kappa shape index (κ2) is 5.25. The number of nitrogens with two attached hydrogens (primary N) is 1. The lowest BCUT2D eigenvalue weighted by atomic mass is 9.99. The van der Waals surface area contributed by atoms with Crippen molar-refractivity contribution in [3.63, 3.8) is 0 Å². The van der Waals surface area contributed by atoms with Crippen LogP contribution in [-0.2, 0) is 13.0 Å². The molecular weight excluding hydrogens is 252 g/mol. The molecule has 2 aromatic rings. The molecule has 0 radical (unpaired) electrons. The van der Waals surface area contributed by atoms with E-state index in [0.717, 1.165) is 17.7 Å². The van der Waals surface area contributed by atoms with Gasteiger partial charge in [-0.25, -0.2) is 4.79 Å². The van der Waals surface area contributed by atoms with E-state index in [1.54, 1.807) is 17.0 Å². The Morgan fingerprint density at radius 3 is 2.70 bits per heavy atom. The molecule has 2 N–H and O–H groups in total. The summed E-state index contributed by atoms with van der Waals surface area (Å²) in [6.45, 7) is 1.22. The van der Waals surface area contributed by atoms with Crippen LogP contribution < -0.4 is 10.5 Å². The lowest BCUT2D eigenvalue weighted by Crippen LogP contribution is -2.37. The highest BCUT2D eigenvalue weighted by atomic mass is 16.6. The summed E-state index contributed by atoms with van der Waals surface area (Å²) in [4.78, 5) is 13.8. The summed E-state index contributed by atoms with van der Waals surface area (Å²) in [5.41, 5.74) is 8.87. The summed E-state index contributed by atoms with van der Waals surface area (Å²) < 4.78 is 5.35. The molecule has 0 saturated heterocycles. The predicted molar refractivity (Wildman–Crippen MR) is 77.4 cm³/mol. The lowest BCUT2D eigenvalue weighted by molar-refractivity contribution is 0.147. The average molecular weight is 268 g/mol. The second-order valence-corrected chi connectivity index (χ2v) is 4.88. The van der Waals surface area contributed by atoms with E-state index in [0.29, 0.717) is 18.8 Å². The van der Waals surface area contributed by atoms with Crippen molar-refractivity contribution in [1.29, 1.82) is 0 Å². The Labute approximate surface area is 117 Å². The van der Waals surface area contributed by atoms with E-state index in [4.69, 9.17) is 10.5 Å². The predicted octanol–water partition coefficient (Wildman–Crippen LogP) is 2.83. The fraction of sp³-hybridized carbons (Fsp3) is 0.188. The van der Waals surface area contributed by atoms with Crippen LogP contribution in [0.4, 0.5) is 10.5 Å². The van der Waals surface area contributed by atoms with Crippen LogP contribution >= 0.6 is 0 Å². The van der Waals surface area contributed by atoms with Gasteiger partial charge in [0, 0.05) is 18.8 Å². The Balaban J connectivity index is 1.72. The summed E-state index contributed by atoms with van der Waals surface area (Å²) in [7, 11) is 0. The number of hydrogen-bond acceptors (Lipinski definition) is 3. The fourth-order valence-corrected chi connectivity index (χ4v) is 2.39. The molecule has 20 heavy (non-hydrogen) atoms. The highest BCUT2D eigenvalue weighted by molar-refractivity contribution is 5.71. The van der Waals surface area contributed by atoms with Gasteiger partial charge in [0.1, 0.15) is 5.75 Å². The molecule has 4 heteroatoms. The van der Waals surface area contributed by atoms with Crippen LogP contribution in [-0.4, -0.2) is 17.5 Å². The molecule has 0 atom stereocenters. The molecule has 1 aliphatic heterocycles. The van der Waals surface area contributed by atoms with Crippen LogP contribution in [0.3, 0.4) is 0 Å². The number of hydrogen-bond donors (Lipinski definition) is 1. The van der Waals surface area contributed by atoms with Crippen molar-refractivity contribution in [2.75, 3.05) is 12.3 Å². The number of nitrogens with zero attached hydrogens (tertiary/aromatic N) is 1. The van der Waals surface area contributed by atoms with Crippen LogP contribution in [0.2, 0.25) is 0 Å². The van der Waals surface area contributed by atoms with Gasteiger partial charge in [0.15, 0.2) is 0 Å². The number of nitrogen functional groups attached to an aromatic ring is 1. The van der Waals surface area contributed by atoms with E-state index in [-0.39, 0.29) is 6.09 Å². The number of ether oxygens (including phenoxy) is 1. The van der Waals surface area contributed by atoms with Crippen molar-refractivity contribution in [3.8, 4) is 5.75 Å². The Hall–Kier alpha value is -2.49. The molecule has 1 amide bonds. The highest BCUT2D eigenvalue weighted by Crippen LogP contribution is 2.22. The number of fused-ring (bicyclic) bond motifs is 1. The van der Waals surface area contributed by atoms with Gasteiger partial charge >= 0.3 is 6.09 Å². The average Bonchev–Trinajstić information content (AvgIpc) is 2.47. The quantitative estimate of drug-likeness (QED) is 0.809. The van der Waals surface area contributed by atoms with Gasteiger partial charge in [0.2, 0.25) is 0 Å². The van der Waals surface area contributed by atoms with Crippen molar-refractivity contribution >= 4 is 11.8 Å². The van der Waals surface area contributed by atoms with E-state index in [1.165, 1.54) is 5.56 Å². The molecule has 0 aliphatic carbocycles. The summed E-state index contributed by atoms with van der Waals surface area (Å²) in [6, 6.07) is 15.0. The molecule has 0 saturated carbocycles. The third-order valence-corrected chi connectivity index (χ3v) is 3.45. The van der Waals surface area contributed by atoms with Crippen molar-refractivity contribution in [2.24, 2.45) is 0 Å². The van der Waals surface area contributed by atoms with Crippen LogP contribution in [0, 0.1) is 0 Å². The number of benzene rings is 2. The standard InChI is InChI=1S/C16H16N2O2/c17-14-7-6-12-8-9-18(11-13(12)10-14)16(19)20-15-4-2-1-3-5-15/h1-7,10H,8-9,11,17H2. The maximum Gasteiger partial charge on any atom is 0.415 e. The molecule has 3 rings (SSSR count). The van der Waals surface area contributed by atoms with Crippen molar-refractivity contribution in [3.05, 3.63) is 59.7 Å². The zero-order valence-corrected chi connectivity index (χ0v) is 11.1. The third kappa shape index (κ3) is 2.59. The molecule has 1 heterocycles. The Kier molecular flexibility index (Phi) is 3.29. The van der Waals surface area contributed by atoms with Crippen LogP contribution in [0.1, 0.15) is 11.1 Å². The first-order valence-electron chi connectivity index (χ1n) is 6.61. The zero-order valence-electron chi connectivity index (χ0n) is 11.1. The molecular formula is C16H16N2O2. The first-order valence-corrected chi connectivity index (χ1v) is 6.61. The van der Waals surface area contributed by atoms with Gasteiger partial charge in [-0.3, -0.25) is 0 Å². The van der Waals surface area contributed by atoms with Gasteiger partial charge < -0.3 is 15.4 Å². The molecule has 0 spiro atoms. The number of carbonyl (C=O) groups is 1. The SMILES string of the molecule is Nc1ccc2c(c1)CN(C(=O)Oc1ccccc1)CC2. The number of amides is 1. The highest BCUT2D eigenvalue weighted by Gasteiger charge is 2.22. The fourth-order valence-electron chi connectivity index (χ4n) is 2.39. The van der Waals surface area contributed by atoms with E-state index in [1.807, 2.05) is 36.4 Å². The van der Waals surface area contributed by atoms with E-state index in [9.17, 15) is 4.79 Å². The maximum atomic E-state index is 12.1. The van der Waals surface area contributed by atoms with Gasteiger partial charge in [-0.15, -0.1) is 0 Å². The Bertz CT molecular complexity index is 626. The van der Waals surface area contributed by atoms with Gasteiger partial charge in [-0.05, 0) is 41.8 Å². The molecule has 0 fully saturated rings. The summed E-state index contributed by atoms with van der Waals surface area (Å²) in [5, 5.41) is 0. The summed E-state index contributed by atoms with van der Waals surface area (Å²) in [5.74, 6) is 0.566. The van der Waals surface area contributed by atoms with Gasteiger partial charge in [-0.2, -0.15) is 0 Å². The number of rotatable bonds is 1. The first kappa shape index (κ1) is 12.5. The number of para-hydroxylation sites is 1. The molecule has 2 aromatic carbocycles. The minimum Gasteiger partial charge on any atom is -0.410 e. The summed E-state index contributed by atoms with van der Waals surface area (Å²) >= 11 is 0. The third-order valence-electron chi connectivity index (χ3n) is 3.45. The Morgan fingerprint density at radius 2 is 1.90 bits per heavy atom. The van der Waals surface area contributed by atoms with Crippen LogP contribution in [0.5, 0.6) is 5.75 Å². The molecule has 1 aliphatic rings. The summed E-state index contributed by atoms with van der Waals surface area (Å²) in [6.07, 6.45) is 0.517. The minimum absolute atomic E-state index is 0.315. The maximum absolute atomic E-state index is 12.1. The molecule has 0 unspecified atom stereocenters. The van der Waals surface area contributed by atoms with Crippen molar-refractivity contribution in [1.82, 2.24) is 4.90 Å². The number of anilines is 1. The van der Waals surface area contributed by atoms with Gasteiger partial charge in [0.05, 0.1) is 0 Å². The number of carbonyl (C=O) groups excluding carboxylic acids is 1. The van der Waals surface area contributed by atoms with Gasteiger partial charge in [0.25, 0.3) is 0 Å². The van der Waals surface area contributed by atoms with Gasteiger partial charge in [-0.1, -0.05) is 24.3 Å².